The summed E-state index contributed by atoms with van der Waals surface area (Å²) in [6, 6.07) is 0.246. The number of carbonyl (C=O) groups excluding carboxylic acids is 1. The van der Waals surface area contributed by atoms with Crippen LogP contribution in [0.4, 0.5) is 0 Å². The molecule has 0 rings (SSSR count). The highest BCUT2D eigenvalue weighted by Crippen LogP contribution is 2.09. The second kappa shape index (κ2) is 8.57. The van der Waals surface area contributed by atoms with Crippen LogP contribution in [-0.4, -0.2) is 18.5 Å². The number of nitrogens with two attached hydrogens (primary N) is 1. The summed E-state index contributed by atoms with van der Waals surface area (Å²) in [5.74, 6) is 0.869. The number of rotatable bonds is 8. The average molecular weight is 228 g/mol. The number of amides is 1. The van der Waals surface area contributed by atoms with E-state index in [1.54, 1.807) is 0 Å². The average Bonchev–Trinajstić information content (AvgIpc) is 2.24. The molecule has 0 aromatic heterocycles. The first-order valence-electron chi connectivity index (χ1n) is 6.50. The van der Waals surface area contributed by atoms with E-state index in [0.717, 1.165) is 32.2 Å². The molecule has 0 heterocycles. The van der Waals surface area contributed by atoms with Gasteiger partial charge < -0.3 is 11.1 Å². The monoisotopic (exact) mass is 228 g/mol. The molecule has 0 fully saturated rings. The van der Waals surface area contributed by atoms with Crippen LogP contribution in [0.15, 0.2) is 0 Å². The molecule has 3 N–H and O–H groups in total. The van der Waals surface area contributed by atoms with Crippen LogP contribution < -0.4 is 11.1 Å². The fourth-order valence-corrected chi connectivity index (χ4v) is 1.47. The second-order valence-corrected chi connectivity index (χ2v) is 5.07. The van der Waals surface area contributed by atoms with Crippen molar-refractivity contribution in [2.45, 2.75) is 59.4 Å². The molecule has 96 valence electrons. The summed E-state index contributed by atoms with van der Waals surface area (Å²) in [5, 5.41) is 3.00. The van der Waals surface area contributed by atoms with Gasteiger partial charge in [-0.05, 0) is 25.7 Å². The Balaban J connectivity index is 3.65. The summed E-state index contributed by atoms with van der Waals surface area (Å²) < 4.78 is 0. The first-order chi connectivity index (χ1) is 7.47. The summed E-state index contributed by atoms with van der Waals surface area (Å²) in [6.07, 6.45) is 4.09. The Hall–Kier alpha value is -0.570. The van der Waals surface area contributed by atoms with Crippen LogP contribution in [0, 0.1) is 11.8 Å². The van der Waals surface area contributed by atoms with Gasteiger partial charge in [0.25, 0.3) is 0 Å². The van der Waals surface area contributed by atoms with Gasteiger partial charge in [-0.25, -0.2) is 0 Å². The van der Waals surface area contributed by atoms with Crippen molar-refractivity contribution in [1.82, 2.24) is 5.32 Å². The quantitative estimate of drug-likeness (QED) is 0.670. The highest BCUT2D eigenvalue weighted by molar-refractivity contribution is 5.78. The fraction of sp³-hybridized carbons (Fsp3) is 0.923. The van der Waals surface area contributed by atoms with E-state index in [2.05, 4.69) is 19.2 Å². The lowest BCUT2D eigenvalue weighted by Gasteiger charge is -2.15. The van der Waals surface area contributed by atoms with E-state index in [1.807, 2.05) is 13.8 Å². The molecule has 1 amide bonds. The molecule has 0 aromatic rings. The van der Waals surface area contributed by atoms with Gasteiger partial charge in [-0.2, -0.15) is 0 Å². The van der Waals surface area contributed by atoms with Gasteiger partial charge in [0, 0.05) is 18.5 Å². The van der Waals surface area contributed by atoms with Gasteiger partial charge in [0.05, 0.1) is 0 Å². The lowest BCUT2D eigenvalue weighted by atomic mass is 10.0. The zero-order valence-electron chi connectivity index (χ0n) is 11.3. The largest absolute Gasteiger partial charge is 0.356 e. The Labute approximate surface area is 100 Å². The van der Waals surface area contributed by atoms with Crippen LogP contribution in [0.25, 0.3) is 0 Å². The normalized spacial score (nSPS) is 16.6. The van der Waals surface area contributed by atoms with Gasteiger partial charge in [-0.3, -0.25) is 4.79 Å². The van der Waals surface area contributed by atoms with Crippen molar-refractivity contribution in [2.24, 2.45) is 17.6 Å². The number of hydrogen-bond acceptors (Lipinski definition) is 2. The van der Waals surface area contributed by atoms with Crippen molar-refractivity contribution in [2.75, 3.05) is 6.54 Å². The van der Waals surface area contributed by atoms with Crippen LogP contribution in [0.3, 0.4) is 0 Å². The van der Waals surface area contributed by atoms with E-state index in [4.69, 9.17) is 5.73 Å². The van der Waals surface area contributed by atoms with Crippen LogP contribution in [0.2, 0.25) is 0 Å². The van der Waals surface area contributed by atoms with E-state index in [-0.39, 0.29) is 17.9 Å². The third kappa shape index (κ3) is 7.69. The molecular weight excluding hydrogens is 200 g/mol. The van der Waals surface area contributed by atoms with Crippen LogP contribution in [0.1, 0.15) is 53.4 Å². The summed E-state index contributed by atoms with van der Waals surface area (Å²) in [4.78, 5) is 11.7. The molecule has 0 aliphatic heterocycles. The number of hydrogen-bond donors (Lipinski definition) is 2. The van der Waals surface area contributed by atoms with E-state index >= 15 is 0 Å². The van der Waals surface area contributed by atoms with Crippen molar-refractivity contribution in [3.8, 4) is 0 Å². The molecule has 0 aromatic carbocycles. The van der Waals surface area contributed by atoms with Crippen LogP contribution in [0.5, 0.6) is 0 Å². The maximum absolute atomic E-state index is 11.7. The molecule has 0 radical (unpaired) electrons. The van der Waals surface area contributed by atoms with Crippen LogP contribution in [-0.2, 0) is 4.79 Å². The maximum Gasteiger partial charge on any atom is 0.222 e. The lowest BCUT2D eigenvalue weighted by Crippen LogP contribution is -2.32. The summed E-state index contributed by atoms with van der Waals surface area (Å²) >= 11 is 0. The summed E-state index contributed by atoms with van der Waals surface area (Å²) in [6.45, 7) is 9.09. The van der Waals surface area contributed by atoms with Crippen molar-refractivity contribution >= 4 is 5.91 Å². The Kier molecular flexibility index (Phi) is 8.26. The zero-order valence-corrected chi connectivity index (χ0v) is 11.3. The molecule has 3 atom stereocenters. The fourth-order valence-electron chi connectivity index (χ4n) is 1.47. The number of carbonyl (C=O) groups is 1. The van der Waals surface area contributed by atoms with Crippen molar-refractivity contribution < 1.29 is 4.79 Å². The first-order valence-corrected chi connectivity index (χ1v) is 6.50. The third-order valence-electron chi connectivity index (χ3n) is 3.07. The Morgan fingerprint density at radius 1 is 1.25 bits per heavy atom. The van der Waals surface area contributed by atoms with Gasteiger partial charge >= 0.3 is 0 Å². The smallest absolute Gasteiger partial charge is 0.222 e. The molecule has 0 spiro atoms. The molecule has 0 saturated heterocycles. The standard InChI is InChI=1S/C13H28N2O/c1-5-10(2)9-15-13(16)11(3)7-6-8-12(4)14/h10-12H,5-9,14H2,1-4H3,(H,15,16). The predicted octanol–water partition coefficient (Wildman–Crippen LogP) is 2.30. The minimum atomic E-state index is 0.114. The Morgan fingerprint density at radius 3 is 2.38 bits per heavy atom. The molecule has 0 aliphatic carbocycles. The maximum atomic E-state index is 11.7. The van der Waals surface area contributed by atoms with Gasteiger partial charge in [0.1, 0.15) is 0 Å². The van der Waals surface area contributed by atoms with E-state index in [1.165, 1.54) is 0 Å². The molecule has 16 heavy (non-hydrogen) atoms. The Morgan fingerprint density at radius 2 is 1.88 bits per heavy atom. The minimum absolute atomic E-state index is 0.114. The summed E-state index contributed by atoms with van der Waals surface area (Å²) in [5.41, 5.74) is 5.67. The Bertz CT molecular complexity index is 192. The van der Waals surface area contributed by atoms with Crippen LogP contribution >= 0.6 is 0 Å². The van der Waals surface area contributed by atoms with Crippen molar-refractivity contribution in [3.63, 3.8) is 0 Å². The third-order valence-corrected chi connectivity index (χ3v) is 3.07. The van der Waals surface area contributed by atoms with E-state index < -0.39 is 0 Å². The van der Waals surface area contributed by atoms with Gasteiger partial charge in [0.2, 0.25) is 5.91 Å². The van der Waals surface area contributed by atoms with Crippen molar-refractivity contribution in [1.29, 1.82) is 0 Å². The molecule has 0 saturated carbocycles. The molecule has 3 heteroatoms. The molecule has 0 aliphatic rings. The molecular formula is C13H28N2O. The minimum Gasteiger partial charge on any atom is -0.356 e. The van der Waals surface area contributed by atoms with E-state index in [0.29, 0.717) is 5.92 Å². The molecule has 3 nitrogen and oxygen atoms in total. The highest BCUT2D eigenvalue weighted by atomic mass is 16.1. The predicted molar refractivity (Wildman–Crippen MR) is 69.1 cm³/mol. The number of nitrogens with one attached hydrogen (secondary N) is 1. The molecule has 0 bridgehead atoms. The lowest BCUT2D eigenvalue weighted by molar-refractivity contribution is -0.124. The zero-order chi connectivity index (χ0) is 12.6. The van der Waals surface area contributed by atoms with Crippen molar-refractivity contribution in [3.05, 3.63) is 0 Å². The summed E-state index contributed by atoms with van der Waals surface area (Å²) in [7, 11) is 0. The second-order valence-electron chi connectivity index (χ2n) is 5.07. The first kappa shape index (κ1) is 15.4. The topological polar surface area (TPSA) is 55.1 Å². The van der Waals surface area contributed by atoms with Gasteiger partial charge in [-0.15, -0.1) is 0 Å². The SMILES string of the molecule is CCC(C)CNC(=O)C(C)CCCC(C)N. The highest BCUT2D eigenvalue weighted by Gasteiger charge is 2.12. The van der Waals surface area contributed by atoms with Gasteiger partial charge in [0.15, 0.2) is 0 Å². The molecule has 3 unspecified atom stereocenters. The van der Waals surface area contributed by atoms with Gasteiger partial charge in [-0.1, -0.05) is 33.6 Å². The van der Waals surface area contributed by atoms with E-state index in [9.17, 15) is 4.79 Å².